The van der Waals surface area contributed by atoms with Gasteiger partial charge in [0.25, 0.3) is 0 Å². The maximum atomic E-state index is 12.2. The molecule has 2 amide bonds. The number of rotatable bonds is 3. The molecule has 0 fully saturated rings. The monoisotopic (exact) mass is 334 g/mol. The molecule has 0 spiro atoms. The Morgan fingerprint density at radius 2 is 1.83 bits per heavy atom. The summed E-state index contributed by atoms with van der Waals surface area (Å²) in [6.07, 6.45) is 0. The summed E-state index contributed by atoms with van der Waals surface area (Å²) in [5, 5.41) is 12.1. The number of phenols is 1. The molecule has 2 aromatic carbocycles. The van der Waals surface area contributed by atoms with Crippen LogP contribution in [0.4, 0.5) is 11.4 Å². The molecule has 2 N–H and O–H groups in total. The van der Waals surface area contributed by atoms with E-state index in [1.807, 2.05) is 0 Å². The first kappa shape index (κ1) is 16.6. The van der Waals surface area contributed by atoms with E-state index in [0.29, 0.717) is 22.1 Å². The van der Waals surface area contributed by atoms with Crippen LogP contribution in [0.2, 0.25) is 5.02 Å². The Labute approximate surface area is 138 Å². The molecule has 0 radical (unpaired) electrons. The fraction of sp³-hybridized carbons (Fsp3) is 0.125. The van der Waals surface area contributed by atoms with Crippen molar-refractivity contribution >= 4 is 34.8 Å². The highest BCUT2D eigenvalue weighted by Crippen LogP contribution is 2.27. The molecule has 0 saturated carbocycles. The number of anilines is 2. The number of halogens is 1. The van der Waals surface area contributed by atoms with Crippen LogP contribution in [0.3, 0.4) is 0 Å². The van der Waals surface area contributed by atoms with Crippen molar-refractivity contribution in [2.24, 2.45) is 0 Å². The van der Waals surface area contributed by atoms with E-state index in [1.54, 1.807) is 12.1 Å². The number of methoxy groups -OCH3 is 1. The zero-order valence-corrected chi connectivity index (χ0v) is 13.3. The summed E-state index contributed by atoms with van der Waals surface area (Å²) >= 11 is 5.88. The fourth-order valence-electron chi connectivity index (χ4n) is 1.90. The molecular weight excluding hydrogens is 320 g/mol. The van der Waals surface area contributed by atoms with Gasteiger partial charge in [-0.1, -0.05) is 11.6 Å². The fourth-order valence-corrected chi connectivity index (χ4v) is 2.07. The van der Waals surface area contributed by atoms with Crippen LogP contribution in [-0.2, 0) is 9.59 Å². The molecule has 2 rings (SSSR count). The lowest BCUT2D eigenvalue weighted by molar-refractivity contribution is -0.134. The third kappa shape index (κ3) is 3.92. The highest BCUT2D eigenvalue weighted by molar-refractivity contribution is 6.44. The van der Waals surface area contributed by atoms with E-state index in [-0.39, 0.29) is 5.75 Å². The molecule has 0 saturated heterocycles. The predicted octanol–water partition coefficient (Wildman–Crippen LogP) is 2.66. The predicted molar refractivity (Wildman–Crippen MR) is 88.2 cm³/mol. The zero-order valence-electron chi connectivity index (χ0n) is 12.5. The van der Waals surface area contributed by atoms with Gasteiger partial charge in [-0.15, -0.1) is 0 Å². The molecule has 0 unspecified atom stereocenters. The quantitative estimate of drug-likeness (QED) is 0.846. The second kappa shape index (κ2) is 7.02. The number of nitrogens with one attached hydrogen (secondary N) is 1. The molecule has 0 aliphatic heterocycles. The van der Waals surface area contributed by atoms with Gasteiger partial charge in [-0.25, -0.2) is 0 Å². The van der Waals surface area contributed by atoms with E-state index >= 15 is 0 Å². The molecular formula is C16H15ClN2O4. The molecule has 2 aromatic rings. The summed E-state index contributed by atoms with van der Waals surface area (Å²) in [7, 11) is 2.91. The Morgan fingerprint density at radius 3 is 2.43 bits per heavy atom. The van der Waals surface area contributed by atoms with Crippen molar-refractivity contribution in [2.75, 3.05) is 24.4 Å². The smallest absolute Gasteiger partial charge is 0.316 e. The first-order valence-electron chi connectivity index (χ1n) is 6.64. The molecule has 7 heteroatoms. The first-order chi connectivity index (χ1) is 10.9. The van der Waals surface area contributed by atoms with Crippen LogP contribution in [0.5, 0.6) is 11.5 Å². The van der Waals surface area contributed by atoms with Crippen LogP contribution in [0, 0.1) is 0 Å². The Kier molecular flexibility index (Phi) is 5.08. The van der Waals surface area contributed by atoms with Gasteiger partial charge in [0, 0.05) is 17.8 Å². The summed E-state index contributed by atoms with van der Waals surface area (Å²) in [5.74, 6) is -1.13. The largest absolute Gasteiger partial charge is 0.508 e. The van der Waals surface area contributed by atoms with Gasteiger partial charge in [0.05, 0.1) is 12.8 Å². The van der Waals surface area contributed by atoms with Crippen LogP contribution in [0.25, 0.3) is 0 Å². The molecule has 0 aliphatic carbocycles. The summed E-state index contributed by atoms with van der Waals surface area (Å²) in [4.78, 5) is 25.5. The highest BCUT2D eigenvalue weighted by Gasteiger charge is 2.21. The molecule has 0 aliphatic rings. The number of aromatic hydroxyl groups is 1. The van der Waals surface area contributed by atoms with Gasteiger partial charge in [-0.2, -0.15) is 0 Å². The van der Waals surface area contributed by atoms with Crippen LogP contribution < -0.4 is 15.0 Å². The minimum atomic E-state index is -0.832. The average Bonchev–Trinajstić information content (AvgIpc) is 2.54. The Hall–Kier alpha value is -2.73. The van der Waals surface area contributed by atoms with E-state index in [2.05, 4.69) is 5.32 Å². The molecule has 6 nitrogen and oxygen atoms in total. The summed E-state index contributed by atoms with van der Waals surface area (Å²) < 4.78 is 5.11. The van der Waals surface area contributed by atoms with Crippen molar-refractivity contribution in [1.29, 1.82) is 0 Å². The zero-order chi connectivity index (χ0) is 17.0. The third-order valence-electron chi connectivity index (χ3n) is 3.15. The Morgan fingerprint density at radius 1 is 1.17 bits per heavy atom. The number of ether oxygens (including phenoxy) is 1. The number of likely N-dealkylation sites (N-methyl/N-ethyl adjacent to an activating group) is 1. The van der Waals surface area contributed by atoms with Crippen molar-refractivity contribution in [3.63, 3.8) is 0 Å². The lowest BCUT2D eigenvalue weighted by Gasteiger charge is -2.17. The normalized spacial score (nSPS) is 10.0. The molecule has 0 heterocycles. The van der Waals surface area contributed by atoms with Gasteiger partial charge in [0.1, 0.15) is 11.5 Å². The van der Waals surface area contributed by atoms with Gasteiger partial charge in [0.2, 0.25) is 0 Å². The maximum absolute atomic E-state index is 12.2. The van der Waals surface area contributed by atoms with Gasteiger partial charge >= 0.3 is 11.8 Å². The number of hydrogen-bond donors (Lipinski definition) is 2. The van der Waals surface area contributed by atoms with Gasteiger partial charge in [-0.3, -0.25) is 9.59 Å². The van der Waals surface area contributed by atoms with Gasteiger partial charge < -0.3 is 20.1 Å². The van der Waals surface area contributed by atoms with E-state index in [4.69, 9.17) is 16.3 Å². The second-order valence-corrected chi connectivity index (χ2v) is 5.12. The third-order valence-corrected chi connectivity index (χ3v) is 3.38. The van der Waals surface area contributed by atoms with E-state index in [1.165, 1.54) is 49.4 Å². The lowest BCUT2D eigenvalue weighted by atomic mass is 10.2. The minimum absolute atomic E-state index is 0.0720. The standard InChI is InChI=1S/C16H15ClN2O4/c1-19(11-4-6-12(20)7-5-11)16(22)15(21)18-13-9-10(17)3-8-14(13)23-2/h3-9,20H,1-2H3,(H,18,21). The molecule has 0 bridgehead atoms. The summed E-state index contributed by atoms with van der Waals surface area (Å²) in [6.45, 7) is 0. The number of hydrogen-bond acceptors (Lipinski definition) is 4. The number of benzene rings is 2. The highest BCUT2D eigenvalue weighted by atomic mass is 35.5. The number of nitrogens with zero attached hydrogens (tertiary/aromatic N) is 1. The topological polar surface area (TPSA) is 78.9 Å². The number of phenolic OH excluding ortho intramolecular Hbond substituents is 1. The van der Waals surface area contributed by atoms with Crippen LogP contribution in [-0.4, -0.2) is 31.1 Å². The van der Waals surface area contributed by atoms with Crippen LogP contribution >= 0.6 is 11.6 Å². The van der Waals surface area contributed by atoms with Crippen molar-refractivity contribution < 1.29 is 19.4 Å². The van der Waals surface area contributed by atoms with Crippen molar-refractivity contribution in [1.82, 2.24) is 0 Å². The number of carbonyl (C=O) groups is 2. The van der Waals surface area contributed by atoms with Gasteiger partial charge in [-0.05, 0) is 42.5 Å². The number of amides is 2. The summed E-state index contributed by atoms with van der Waals surface area (Å²) in [5.41, 5.74) is 0.776. The van der Waals surface area contributed by atoms with Crippen molar-refractivity contribution in [3.8, 4) is 11.5 Å². The maximum Gasteiger partial charge on any atom is 0.316 e. The van der Waals surface area contributed by atoms with Crippen molar-refractivity contribution in [2.45, 2.75) is 0 Å². The average molecular weight is 335 g/mol. The molecule has 23 heavy (non-hydrogen) atoms. The summed E-state index contributed by atoms with van der Waals surface area (Å²) in [6, 6.07) is 10.6. The van der Waals surface area contributed by atoms with Crippen molar-refractivity contribution in [3.05, 3.63) is 47.5 Å². The van der Waals surface area contributed by atoms with E-state index < -0.39 is 11.8 Å². The molecule has 0 aromatic heterocycles. The first-order valence-corrected chi connectivity index (χ1v) is 7.02. The minimum Gasteiger partial charge on any atom is -0.508 e. The number of carbonyl (C=O) groups excluding carboxylic acids is 2. The van der Waals surface area contributed by atoms with Crippen LogP contribution in [0.1, 0.15) is 0 Å². The molecule has 0 atom stereocenters. The van der Waals surface area contributed by atoms with E-state index in [9.17, 15) is 14.7 Å². The van der Waals surface area contributed by atoms with E-state index in [0.717, 1.165) is 0 Å². The second-order valence-electron chi connectivity index (χ2n) is 4.68. The lowest BCUT2D eigenvalue weighted by Crippen LogP contribution is -2.37. The Bertz CT molecular complexity index is 731. The van der Waals surface area contributed by atoms with Crippen LogP contribution in [0.15, 0.2) is 42.5 Å². The van der Waals surface area contributed by atoms with Gasteiger partial charge in [0.15, 0.2) is 0 Å². The molecule has 120 valence electrons. The SMILES string of the molecule is COc1ccc(Cl)cc1NC(=O)C(=O)N(C)c1ccc(O)cc1. The Balaban J connectivity index is 2.15.